The highest BCUT2D eigenvalue weighted by Crippen LogP contribution is 2.22. The van der Waals surface area contributed by atoms with Gasteiger partial charge >= 0.3 is 0 Å². The fraction of sp³-hybridized carbons (Fsp3) is 0.353. The van der Waals surface area contributed by atoms with Crippen LogP contribution in [-0.2, 0) is 19.5 Å². The third kappa shape index (κ3) is 3.07. The summed E-state index contributed by atoms with van der Waals surface area (Å²) in [5.74, 6) is 1.43. The maximum atomic E-state index is 13.1. The van der Waals surface area contributed by atoms with Gasteiger partial charge in [-0.25, -0.2) is 4.39 Å². The topological polar surface area (TPSA) is 71.4 Å². The van der Waals surface area contributed by atoms with E-state index >= 15 is 0 Å². The quantitative estimate of drug-likeness (QED) is 0.754. The highest BCUT2D eigenvalue weighted by Gasteiger charge is 2.19. The number of hydrogen-bond donors (Lipinski definition) is 2. The third-order valence-electron chi connectivity index (χ3n) is 4.53. The first kappa shape index (κ1) is 15.0. The third-order valence-corrected chi connectivity index (χ3v) is 4.53. The van der Waals surface area contributed by atoms with Gasteiger partial charge in [0.15, 0.2) is 0 Å². The van der Waals surface area contributed by atoms with Crippen LogP contribution >= 0.6 is 0 Å². The van der Waals surface area contributed by atoms with Gasteiger partial charge in [-0.15, -0.1) is 10.2 Å². The Morgan fingerprint density at radius 2 is 2.17 bits per heavy atom. The summed E-state index contributed by atoms with van der Waals surface area (Å²) < 4.78 is 15.2. The summed E-state index contributed by atoms with van der Waals surface area (Å²) in [6.45, 7) is 2.63. The van der Waals surface area contributed by atoms with Crippen LogP contribution in [0.5, 0.6) is 0 Å². The lowest BCUT2D eigenvalue weighted by Gasteiger charge is -2.23. The van der Waals surface area contributed by atoms with Crippen LogP contribution in [-0.4, -0.2) is 31.5 Å². The molecule has 4 rings (SSSR count). The molecule has 124 valence electrons. The maximum Gasteiger partial charge on any atom is 0.132 e. The molecule has 0 unspecified atom stereocenters. The predicted molar refractivity (Wildman–Crippen MR) is 87.5 cm³/mol. The first-order valence-electron chi connectivity index (χ1n) is 8.15. The predicted octanol–water partition coefficient (Wildman–Crippen LogP) is 2.16. The van der Waals surface area contributed by atoms with Crippen LogP contribution in [0.15, 0.2) is 36.8 Å². The van der Waals surface area contributed by atoms with E-state index in [4.69, 9.17) is 0 Å². The van der Waals surface area contributed by atoms with Gasteiger partial charge in [-0.3, -0.25) is 5.10 Å². The molecule has 1 aliphatic rings. The molecule has 0 saturated heterocycles. The summed E-state index contributed by atoms with van der Waals surface area (Å²) in [6.07, 6.45) is 5.75. The number of H-pyrrole nitrogens is 1. The zero-order chi connectivity index (χ0) is 16.4. The first-order valence-corrected chi connectivity index (χ1v) is 8.15. The second-order valence-corrected chi connectivity index (χ2v) is 6.21. The number of hydrogen-bond acceptors (Lipinski definition) is 4. The Kier molecular flexibility index (Phi) is 4.08. The number of halogens is 1. The highest BCUT2D eigenvalue weighted by molar-refractivity contribution is 5.62. The zero-order valence-corrected chi connectivity index (χ0v) is 13.2. The smallest absolute Gasteiger partial charge is 0.132 e. The fourth-order valence-electron chi connectivity index (χ4n) is 3.22. The van der Waals surface area contributed by atoms with Crippen molar-refractivity contribution in [2.45, 2.75) is 25.9 Å². The molecule has 0 fully saturated rings. The number of nitrogens with zero attached hydrogens (tertiary/aromatic N) is 4. The highest BCUT2D eigenvalue weighted by atomic mass is 19.1. The second-order valence-electron chi connectivity index (χ2n) is 6.21. The molecule has 0 bridgehead atoms. The molecule has 0 aliphatic carbocycles. The molecule has 0 saturated carbocycles. The lowest BCUT2D eigenvalue weighted by molar-refractivity contribution is 0.347. The van der Waals surface area contributed by atoms with Crippen molar-refractivity contribution in [3.8, 4) is 11.3 Å². The summed E-state index contributed by atoms with van der Waals surface area (Å²) in [5, 5.41) is 18.7. The van der Waals surface area contributed by atoms with Crippen LogP contribution in [0.1, 0.15) is 17.8 Å². The number of aromatic nitrogens is 5. The minimum absolute atomic E-state index is 0.233. The number of aromatic amines is 1. The molecule has 0 radical (unpaired) electrons. The van der Waals surface area contributed by atoms with Gasteiger partial charge in [0.25, 0.3) is 0 Å². The van der Waals surface area contributed by atoms with Crippen molar-refractivity contribution < 1.29 is 4.39 Å². The molecule has 1 aromatic carbocycles. The summed E-state index contributed by atoms with van der Waals surface area (Å²) in [6, 6.07) is 6.46. The van der Waals surface area contributed by atoms with Crippen molar-refractivity contribution in [1.82, 2.24) is 30.3 Å². The molecule has 0 spiro atoms. The molecule has 24 heavy (non-hydrogen) atoms. The Bertz CT molecular complexity index is 807. The van der Waals surface area contributed by atoms with Crippen molar-refractivity contribution in [3.05, 3.63) is 54.0 Å². The average Bonchev–Trinajstić information content (AvgIpc) is 3.24. The van der Waals surface area contributed by atoms with E-state index in [0.717, 1.165) is 55.1 Å². The number of rotatable bonds is 5. The molecule has 2 aromatic heterocycles. The Balaban J connectivity index is 1.36. The Hall–Kier alpha value is -2.54. The monoisotopic (exact) mass is 326 g/mol. The maximum absolute atomic E-state index is 13.1. The summed E-state index contributed by atoms with van der Waals surface area (Å²) >= 11 is 0. The van der Waals surface area contributed by atoms with Gasteiger partial charge in [0.05, 0.1) is 11.9 Å². The molecular weight excluding hydrogens is 307 g/mol. The van der Waals surface area contributed by atoms with E-state index in [-0.39, 0.29) is 5.82 Å². The molecule has 7 heteroatoms. The average molecular weight is 326 g/mol. The van der Waals surface area contributed by atoms with Gasteiger partial charge in [0.2, 0.25) is 0 Å². The minimum Gasteiger partial charge on any atom is -0.317 e. The van der Waals surface area contributed by atoms with Crippen molar-refractivity contribution in [3.63, 3.8) is 0 Å². The van der Waals surface area contributed by atoms with Gasteiger partial charge in [-0.05, 0) is 43.1 Å². The Morgan fingerprint density at radius 1 is 1.29 bits per heavy atom. The van der Waals surface area contributed by atoms with Crippen molar-refractivity contribution in [2.75, 3.05) is 6.54 Å². The number of benzene rings is 1. The van der Waals surface area contributed by atoms with Gasteiger partial charge < -0.3 is 9.88 Å². The molecular formula is C17H19FN6. The van der Waals surface area contributed by atoms with E-state index < -0.39 is 0 Å². The summed E-state index contributed by atoms with van der Waals surface area (Å²) in [7, 11) is 0. The molecule has 2 N–H and O–H groups in total. The van der Waals surface area contributed by atoms with Gasteiger partial charge in [-0.2, -0.15) is 5.10 Å². The van der Waals surface area contributed by atoms with Gasteiger partial charge in [-0.1, -0.05) is 0 Å². The Labute approximate surface area is 139 Å². The number of fused-ring (bicyclic) bond motifs is 1. The fourth-order valence-corrected chi connectivity index (χ4v) is 3.22. The van der Waals surface area contributed by atoms with E-state index in [1.807, 2.05) is 12.5 Å². The minimum atomic E-state index is -0.233. The second kappa shape index (κ2) is 6.52. The molecule has 3 heterocycles. The molecule has 6 nitrogen and oxygen atoms in total. The zero-order valence-electron chi connectivity index (χ0n) is 13.2. The van der Waals surface area contributed by atoms with Crippen LogP contribution in [0.4, 0.5) is 4.39 Å². The van der Waals surface area contributed by atoms with Gasteiger partial charge in [0, 0.05) is 30.6 Å². The van der Waals surface area contributed by atoms with E-state index in [0.29, 0.717) is 5.92 Å². The van der Waals surface area contributed by atoms with E-state index in [2.05, 4.69) is 30.3 Å². The van der Waals surface area contributed by atoms with Crippen molar-refractivity contribution in [2.24, 2.45) is 5.92 Å². The van der Waals surface area contributed by atoms with E-state index in [1.54, 1.807) is 12.1 Å². The molecule has 1 atom stereocenters. The largest absolute Gasteiger partial charge is 0.317 e. The molecule has 1 aliphatic heterocycles. The summed E-state index contributed by atoms with van der Waals surface area (Å²) in [5.41, 5.74) is 2.96. The lowest BCUT2D eigenvalue weighted by Crippen LogP contribution is -2.29. The SMILES string of the molecule is Fc1ccc(-c2[nH]ncc2CNC[C@@H]2CCc3nncn3C2)cc1. The van der Waals surface area contributed by atoms with Crippen LogP contribution in [0.2, 0.25) is 0 Å². The van der Waals surface area contributed by atoms with Crippen LogP contribution in [0, 0.1) is 11.7 Å². The Morgan fingerprint density at radius 3 is 3.04 bits per heavy atom. The molecule has 3 aromatic rings. The normalized spacial score (nSPS) is 17.0. The number of nitrogens with one attached hydrogen (secondary N) is 2. The summed E-state index contributed by atoms with van der Waals surface area (Å²) in [4.78, 5) is 0. The van der Waals surface area contributed by atoms with Crippen molar-refractivity contribution >= 4 is 0 Å². The van der Waals surface area contributed by atoms with Crippen LogP contribution in [0.3, 0.4) is 0 Å². The molecule has 0 amide bonds. The van der Waals surface area contributed by atoms with Crippen LogP contribution in [0.25, 0.3) is 11.3 Å². The van der Waals surface area contributed by atoms with Gasteiger partial charge in [0.1, 0.15) is 18.0 Å². The standard InChI is InChI=1S/C17H19FN6/c18-15-4-2-13(3-5-15)17-14(9-20-23-17)8-19-7-12-1-6-16-22-21-11-24(16)10-12/h2-5,9,11-12,19H,1,6-8,10H2,(H,20,23)/t12-/m0/s1. The lowest BCUT2D eigenvalue weighted by atomic mass is 9.99. The van der Waals surface area contributed by atoms with E-state index in [1.165, 1.54) is 12.1 Å². The first-order chi connectivity index (χ1) is 11.8. The number of aryl methyl sites for hydroxylation is 1. The van der Waals surface area contributed by atoms with E-state index in [9.17, 15) is 4.39 Å². The van der Waals surface area contributed by atoms with Crippen molar-refractivity contribution in [1.29, 1.82) is 0 Å². The van der Waals surface area contributed by atoms with Crippen LogP contribution < -0.4 is 5.32 Å².